The van der Waals surface area contributed by atoms with Crippen molar-refractivity contribution < 1.29 is 9.53 Å². The van der Waals surface area contributed by atoms with Gasteiger partial charge in [0, 0.05) is 25.6 Å². The molecule has 1 aliphatic rings. The maximum Gasteiger partial charge on any atom is 0.224 e. The summed E-state index contributed by atoms with van der Waals surface area (Å²) in [5.41, 5.74) is 5.87. The highest BCUT2D eigenvalue weighted by Crippen LogP contribution is 2.32. The van der Waals surface area contributed by atoms with Crippen LogP contribution in [-0.4, -0.2) is 36.5 Å². The molecule has 1 aromatic carbocycles. The van der Waals surface area contributed by atoms with Gasteiger partial charge in [-0.1, -0.05) is 18.2 Å². The number of benzene rings is 1. The van der Waals surface area contributed by atoms with Gasteiger partial charge >= 0.3 is 0 Å². The van der Waals surface area contributed by atoms with Crippen molar-refractivity contribution in [3.05, 3.63) is 30.3 Å². The van der Waals surface area contributed by atoms with Crippen LogP contribution >= 0.6 is 0 Å². The first kappa shape index (κ1) is 14.9. The smallest absolute Gasteiger partial charge is 0.224 e. The van der Waals surface area contributed by atoms with Gasteiger partial charge in [0.05, 0.1) is 6.61 Å². The van der Waals surface area contributed by atoms with Crippen LogP contribution in [0.5, 0.6) is 5.75 Å². The lowest BCUT2D eigenvalue weighted by Gasteiger charge is -2.38. The summed E-state index contributed by atoms with van der Waals surface area (Å²) in [4.78, 5) is 13.8. The maximum absolute atomic E-state index is 12.0. The minimum absolute atomic E-state index is 0.145. The summed E-state index contributed by atoms with van der Waals surface area (Å²) < 4.78 is 5.61. The Kier molecular flexibility index (Phi) is 5.01. The molecule has 4 nitrogen and oxygen atoms in total. The van der Waals surface area contributed by atoms with Crippen molar-refractivity contribution in [1.82, 2.24) is 4.90 Å². The standard InChI is InChI=1S/C16H24N2O2/c1-18(15(19)13-16(17)9-5-10-16)11-6-12-20-14-7-3-2-4-8-14/h2-4,7-8H,5-6,9-13,17H2,1H3. The Labute approximate surface area is 120 Å². The molecule has 2 N–H and O–H groups in total. The zero-order chi connectivity index (χ0) is 14.4. The molecular weight excluding hydrogens is 252 g/mol. The van der Waals surface area contributed by atoms with E-state index in [1.807, 2.05) is 37.4 Å². The second-order valence-corrected chi connectivity index (χ2v) is 5.72. The lowest BCUT2D eigenvalue weighted by molar-refractivity contribution is -0.132. The summed E-state index contributed by atoms with van der Waals surface area (Å²) in [7, 11) is 1.84. The number of carbonyl (C=O) groups excluding carboxylic acids is 1. The van der Waals surface area contributed by atoms with Crippen LogP contribution in [0.25, 0.3) is 0 Å². The SMILES string of the molecule is CN(CCCOc1ccccc1)C(=O)CC1(N)CCC1. The molecule has 0 spiro atoms. The van der Waals surface area contributed by atoms with Crippen LogP contribution in [0.3, 0.4) is 0 Å². The van der Waals surface area contributed by atoms with Crippen molar-refractivity contribution in [1.29, 1.82) is 0 Å². The highest BCUT2D eigenvalue weighted by molar-refractivity contribution is 5.77. The Morgan fingerprint density at radius 2 is 2.05 bits per heavy atom. The maximum atomic E-state index is 12.0. The molecule has 0 unspecified atom stereocenters. The van der Waals surface area contributed by atoms with Crippen LogP contribution in [-0.2, 0) is 4.79 Å². The molecule has 1 amide bonds. The predicted octanol–water partition coefficient (Wildman–Crippen LogP) is 2.19. The summed E-state index contributed by atoms with van der Waals surface area (Å²) in [5.74, 6) is 1.02. The molecule has 0 heterocycles. The monoisotopic (exact) mass is 276 g/mol. The van der Waals surface area contributed by atoms with Gasteiger partial charge in [0.1, 0.15) is 5.75 Å². The molecule has 1 fully saturated rings. The highest BCUT2D eigenvalue weighted by Gasteiger charge is 2.35. The van der Waals surface area contributed by atoms with Crippen LogP contribution < -0.4 is 10.5 Å². The molecule has 4 heteroatoms. The number of nitrogens with zero attached hydrogens (tertiary/aromatic N) is 1. The quantitative estimate of drug-likeness (QED) is 0.777. The van der Waals surface area contributed by atoms with Crippen LogP contribution in [0.4, 0.5) is 0 Å². The molecule has 1 aromatic rings. The van der Waals surface area contributed by atoms with Crippen molar-refractivity contribution >= 4 is 5.91 Å². The number of para-hydroxylation sites is 1. The van der Waals surface area contributed by atoms with E-state index < -0.39 is 0 Å². The third-order valence-corrected chi connectivity index (χ3v) is 3.93. The summed E-state index contributed by atoms with van der Waals surface area (Å²) >= 11 is 0. The molecule has 0 radical (unpaired) electrons. The molecule has 0 bridgehead atoms. The van der Waals surface area contributed by atoms with E-state index in [1.165, 1.54) is 0 Å². The van der Waals surface area contributed by atoms with Gasteiger partial charge < -0.3 is 15.4 Å². The van der Waals surface area contributed by atoms with Crippen molar-refractivity contribution in [3.63, 3.8) is 0 Å². The summed E-state index contributed by atoms with van der Waals surface area (Å²) in [5, 5.41) is 0. The van der Waals surface area contributed by atoms with Gasteiger partial charge in [0.15, 0.2) is 0 Å². The van der Waals surface area contributed by atoms with E-state index >= 15 is 0 Å². The van der Waals surface area contributed by atoms with Crippen molar-refractivity contribution in [2.45, 2.75) is 37.6 Å². The minimum atomic E-state index is -0.230. The van der Waals surface area contributed by atoms with Gasteiger partial charge in [0.2, 0.25) is 5.91 Å². The Bertz CT molecular complexity index is 429. The van der Waals surface area contributed by atoms with Gasteiger partial charge in [-0.25, -0.2) is 0 Å². The van der Waals surface area contributed by atoms with E-state index in [0.29, 0.717) is 19.6 Å². The molecule has 0 atom stereocenters. The van der Waals surface area contributed by atoms with Gasteiger partial charge in [-0.2, -0.15) is 0 Å². The third kappa shape index (κ3) is 4.23. The van der Waals surface area contributed by atoms with E-state index in [0.717, 1.165) is 31.4 Å². The summed E-state index contributed by atoms with van der Waals surface area (Å²) in [6.45, 7) is 1.33. The topological polar surface area (TPSA) is 55.6 Å². The fraction of sp³-hybridized carbons (Fsp3) is 0.562. The second-order valence-electron chi connectivity index (χ2n) is 5.72. The predicted molar refractivity (Wildman–Crippen MR) is 79.6 cm³/mol. The number of amides is 1. The van der Waals surface area contributed by atoms with Gasteiger partial charge in [-0.05, 0) is 37.8 Å². The fourth-order valence-electron chi connectivity index (χ4n) is 2.38. The first-order chi connectivity index (χ1) is 9.59. The molecule has 1 saturated carbocycles. The van der Waals surface area contributed by atoms with Crippen LogP contribution in [0, 0.1) is 0 Å². The van der Waals surface area contributed by atoms with E-state index in [2.05, 4.69) is 0 Å². The lowest BCUT2D eigenvalue weighted by Crippen LogP contribution is -2.50. The Balaban J connectivity index is 1.62. The van der Waals surface area contributed by atoms with Gasteiger partial charge in [-0.3, -0.25) is 4.79 Å². The van der Waals surface area contributed by atoms with Crippen molar-refractivity contribution in [2.75, 3.05) is 20.2 Å². The number of rotatable bonds is 7. The molecule has 0 saturated heterocycles. The first-order valence-corrected chi connectivity index (χ1v) is 7.30. The van der Waals surface area contributed by atoms with Gasteiger partial charge in [0.25, 0.3) is 0 Å². The lowest BCUT2D eigenvalue weighted by atomic mass is 9.75. The number of hydrogen-bond acceptors (Lipinski definition) is 3. The van der Waals surface area contributed by atoms with E-state index in [4.69, 9.17) is 10.5 Å². The summed E-state index contributed by atoms with van der Waals surface area (Å²) in [6, 6.07) is 9.73. The highest BCUT2D eigenvalue weighted by atomic mass is 16.5. The number of hydrogen-bond donors (Lipinski definition) is 1. The number of nitrogens with two attached hydrogens (primary N) is 1. The Morgan fingerprint density at radius 3 is 2.65 bits per heavy atom. The third-order valence-electron chi connectivity index (χ3n) is 3.93. The average Bonchev–Trinajstić information content (AvgIpc) is 2.42. The number of ether oxygens (including phenoxy) is 1. The Hall–Kier alpha value is -1.55. The van der Waals surface area contributed by atoms with Crippen molar-refractivity contribution in [3.8, 4) is 5.75 Å². The molecule has 110 valence electrons. The molecule has 2 rings (SSSR count). The van der Waals surface area contributed by atoms with Gasteiger partial charge in [-0.15, -0.1) is 0 Å². The van der Waals surface area contributed by atoms with E-state index in [9.17, 15) is 4.79 Å². The molecule has 1 aliphatic carbocycles. The zero-order valence-electron chi connectivity index (χ0n) is 12.2. The fourth-order valence-corrected chi connectivity index (χ4v) is 2.38. The molecule has 20 heavy (non-hydrogen) atoms. The molecule has 0 aliphatic heterocycles. The van der Waals surface area contributed by atoms with Crippen LogP contribution in [0.1, 0.15) is 32.1 Å². The minimum Gasteiger partial charge on any atom is -0.494 e. The van der Waals surface area contributed by atoms with E-state index in [-0.39, 0.29) is 11.4 Å². The molecular formula is C16H24N2O2. The normalized spacial score (nSPS) is 16.3. The Morgan fingerprint density at radius 1 is 1.35 bits per heavy atom. The second kappa shape index (κ2) is 6.75. The zero-order valence-corrected chi connectivity index (χ0v) is 12.2. The number of carbonyl (C=O) groups is 1. The van der Waals surface area contributed by atoms with Crippen molar-refractivity contribution in [2.24, 2.45) is 5.73 Å². The average molecular weight is 276 g/mol. The van der Waals surface area contributed by atoms with Crippen LogP contribution in [0.15, 0.2) is 30.3 Å². The molecule has 0 aromatic heterocycles. The van der Waals surface area contributed by atoms with E-state index in [1.54, 1.807) is 4.90 Å². The summed E-state index contributed by atoms with van der Waals surface area (Å²) in [6.07, 6.45) is 4.41. The van der Waals surface area contributed by atoms with Crippen LogP contribution in [0.2, 0.25) is 0 Å². The first-order valence-electron chi connectivity index (χ1n) is 7.30. The largest absolute Gasteiger partial charge is 0.494 e.